The number of carbonyl (C=O) groups is 2. The van der Waals surface area contributed by atoms with Gasteiger partial charge in [-0.05, 0) is 60.2 Å². The van der Waals surface area contributed by atoms with Crippen molar-refractivity contribution in [3.8, 4) is 11.5 Å². The van der Waals surface area contributed by atoms with Gasteiger partial charge in [-0.3, -0.25) is 14.5 Å². The van der Waals surface area contributed by atoms with Crippen LogP contribution in [0.2, 0.25) is 10.0 Å². The predicted molar refractivity (Wildman–Crippen MR) is 115 cm³/mol. The molecule has 5 nitrogen and oxygen atoms in total. The van der Waals surface area contributed by atoms with Crippen molar-refractivity contribution in [2.45, 2.75) is 13.5 Å². The molecule has 1 aliphatic heterocycles. The molecule has 1 aliphatic rings. The number of aromatic hydroxyl groups is 1. The first-order valence-corrected chi connectivity index (χ1v) is 10.5. The highest BCUT2D eigenvalue weighted by molar-refractivity contribution is 9.10. The van der Waals surface area contributed by atoms with Gasteiger partial charge in [-0.15, -0.1) is 0 Å². The number of hydrogen-bond acceptors (Lipinski definition) is 5. The van der Waals surface area contributed by atoms with Gasteiger partial charge in [0.25, 0.3) is 11.1 Å². The maximum Gasteiger partial charge on any atom is 0.293 e. The van der Waals surface area contributed by atoms with Gasteiger partial charge in [-0.25, -0.2) is 0 Å². The smallest absolute Gasteiger partial charge is 0.293 e. The number of nitrogens with zero attached hydrogens (tertiary/aromatic N) is 1. The SMILES string of the molecule is CCOc1cc(/C=C2\SC(=O)N(Cc3ccc(Cl)c(Cl)c3)C2=O)c(Br)cc1O. The summed E-state index contributed by atoms with van der Waals surface area (Å²) in [5.41, 5.74) is 1.31. The summed E-state index contributed by atoms with van der Waals surface area (Å²) >= 11 is 16.1. The van der Waals surface area contributed by atoms with E-state index in [0.29, 0.717) is 38.0 Å². The van der Waals surface area contributed by atoms with Crippen LogP contribution in [0.4, 0.5) is 4.79 Å². The summed E-state index contributed by atoms with van der Waals surface area (Å²) in [4.78, 5) is 26.5. The van der Waals surface area contributed by atoms with Crippen molar-refractivity contribution in [3.63, 3.8) is 0 Å². The van der Waals surface area contributed by atoms with Crippen LogP contribution in [-0.4, -0.2) is 27.8 Å². The van der Waals surface area contributed by atoms with Crippen LogP contribution in [0.3, 0.4) is 0 Å². The number of thioether (sulfide) groups is 1. The first-order chi connectivity index (χ1) is 13.3. The lowest BCUT2D eigenvalue weighted by atomic mass is 10.1. The number of phenolic OH excluding ortho intramolecular Hbond substituents is 1. The van der Waals surface area contributed by atoms with Crippen molar-refractivity contribution >= 4 is 68.1 Å². The van der Waals surface area contributed by atoms with Gasteiger partial charge in [-0.1, -0.05) is 45.2 Å². The summed E-state index contributed by atoms with van der Waals surface area (Å²) in [5, 5.41) is 10.3. The van der Waals surface area contributed by atoms with Gasteiger partial charge in [0, 0.05) is 4.47 Å². The van der Waals surface area contributed by atoms with E-state index in [2.05, 4.69) is 15.9 Å². The van der Waals surface area contributed by atoms with Crippen LogP contribution < -0.4 is 4.74 Å². The Balaban J connectivity index is 1.87. The summed E-state index contributed by atoms with van der Waals surface area (Å²) in [6, 6.07) is 8.05. The zero-order chi connectivity index (χ0) is 20.4. The van der Waals surface area contributed by atoms with Gasteiger partial charge >= 0.3 is 0 Å². The normalized spacial score (nSPS) is 15.6. The number of carbonyl (C=O) groups excluding carboxylic acids is 2. The number of imide groups is 1. The van der Waals surface area contributed by atoms with Gasteiger partial charge in [0.05, 0.1) is 28.1 Å². The molecule has 28 heavy (non-hydrogen) atoms. The number of phenols is 1. The second-order valence-electron chi connectivity index (χ2n) is 5.79. The lowest BCUT2D eigenvalue weighted by Gasteiger charge is -2.13. The number of hydrogen-bond donors (Lipinski definition) is 1. The van der Waals surface area contributed by atoms with Crippen molar-refractivity contribution in [1.29, 1.82) is 0 Å². The third-order valence-corrected chi connectivity index (χ3v) is 6.20. The lowest BCUT2D eigenvalue weighted by molar-refractivity contribution is -0.123. The Bertz CT molecular complexity index is 996. The Morgan fingerprint density at radius 1 is 1.21 bits per heavy atom. The van der Waals surface area contributed by atoms with Crippen LogP contribution in [0.5, 0.6) is 11.5 Å². The van der Waals surface area contributed by atoms with E-state index in [0.717, 1.165) is 16.7 Å². The molecule has 0 aliphatic carbocycles. The molecule has 1 saturated heterocycles. The Kier molecular flexibility index (Phi) is 6.60. The molecule has 0 bridgehead atoms. The fourth-order valence-corrected chi connectivity index (χ4v) is 4.13. The van der Waals surface area contributed by atoms with E-state index >= 15 is 0 Å². The molecule has 9 heteroatoms. The quantitative estimate of drug-likeness (QED) is 0.500. The second-order valence-corrected chi connectivity index (χ2v) is 8.45. The number of amides is 2. The maximum absolute atomic E-state index is 12.7. The summed E-state index contributed by atoms with van der Waals surface area (Å²) < 4.78 is 5.95. The summed E-state index contributed by atoms with van der Waals surface area (Å²) in [7, 11) is 0. The Morgan fingerprint density at radius 3 is 2.64 bits per heavy atom. The summed E-state index contributed by atoms with van der Waals surface area (Å²) in [5.74, 6) is -0.121. The minimum absolute atomic E-state index is 0.0152. The topological polar surface area (TPSA) is 66.8 Å². The number of halogens is 3. The van der Waals surface area contributed by atoms with Gasteiger partial charge in [0.1, 0.15) is 0 Å². The van der Waals surface area contributed by atoms with E-state index in [1.165, 1.54) is 6.07 Å². The molecule has 0 saturated carbocycles. The van der Waals surface area contributed by atoms with Gasteiger partial charge in [0.15, 0.2) is 11.5 Å². The van der Waals surface area contributed by atoms with Crippen LogP contribution in [0.15, 0.2) is 39.7 Å². The molecule has 3 rings (SSSR count). The van der Waals surface area contributed by atoms with E-state index < -0.39 is 5.91 Å². The van der Waals surface area contributed by atoms with Crippen LogP contribution in [0.1, 0.15) is 18.1 Å². The van der Waals surface area contributed by atoms with Crippen LogP contribution >= 0.6 is 50.9 Å². The fourth-order valence-electron chi connectivity index (χ4n) is 2.54. The molecule has 0 radical (unpaired) electrons. The van der Waals surface area contributed by atoms with Crippen molar-refractivity contribution in [2.75, 3.05) is 6.61 Å². The third-order valence-electron chi connectivity index (χ3n) is 3.86. The molecule has 0 unspecified atom stereocenters. The minimum atomic E-state index is -0.404. The molecule has 2 aromatic rings. The van der Waals surface area contributed by atoms with E-state index in [1.54, 1.807) is 37.3 Å². The number of rotatable bonds is 5. The van der Waals surface area contributed by atoms with Crippen molar-refractivity contribution in [1.82, 2.24) is 4.90 Å². The van der Waals surface area contributed by atoms with Gasteiger partial charge in [-0.2, -0.15) is 0 Å². The van der Waals surface area contributed by atoms with Crippen LogP contribution in [0.25, 0.3) is 6.08 Å². The summed E-state index contributed by atoms with van der Waals surface area (Å²) in [6.07, 6.45) is 1.59. The zero-order valence-electron chi connectivity index (χ0n) is 14.5. The van der Waals surface area contributed by atoms with Crippen molar-refractivity contribution in [3.05, 3.63) is 60.9 Å². The summed E-state index contributed by atoms with van der Waals surface area (Å²) in [6.45, 7) is 2.28. The Morgan fingerprint density at radius 2 is 1.96 bits per heavy atom. The van der Waals surface area contributed by atoms with Crippen LogP contribution in [0, 0.1) is 0 Å². The van der Waals surface area contributed by atoms with E-state index in [1.807, 2.05) is 0 Å². The van der Waals surface area contributed by atoms with Crippen molar-refractivity contribution in [2.24, 2.45) is 0 Å². The molecule has 2 amide bonds. The van der Waals surface area contributed by atoms with E-state index in [4.69, 9.17) is 27.9 Å². The van der Waals surface area contributed by atoms with Crippen LogP contribution in [-0.2, 0) is 11.3 Å². The average molecular weight is 503 g/mol. The molecule has 0 atom stereocenters. The molecule has 1 heterocycles. The minimum Gasteiger partial charge on any atom is -0.504 e. The van der Waals surface area contributed by atoms with Gasteiger partial charge in [0.2, 0.25) is 0 Å². The molecule has 146 valence electrons. The second kappa shape index (κ2) is 8.78. The monoisotopic (exact) mass is 501 g/mol. The highest BCUT2D eigenvalue weighted by Gasteiger charge is 2.35. The molecule has 1 fully saturated rings. The fraction of sp³-hybridized carbons (Fsp3) is 0.158. The molecule has 2 aromatic carbocycles. The van der Waals surface area contributed by atoms with E-state index in [-0.39, 0.29) is 22.4 Å². The third kappa shape index (κ3) is 4.49. The zero-order valence-corrected chi connectivity index (χ0v) is 18.5. The highest BCUT2D eigenvalue weighted by Crippen LogP contribution is 2.38. The highest BCUT2D eigenvalue weighted by atomic mass is 79.9. The molecular weight excluding hydrogens is 489 g/mol. The number of ether oxygens (including phenoxy) is 1. The van der Waals surface area contributed by atoms with E-state index in [9.17, 15) is 14.7 Å². The number of benzene rings is 2. The average Bonchev–Trinajstić information content (AvgIpc) is 2.90. The lowest BCUT2D eigenvalue weighted by Crippen LogP contribution is -2.27. The first kappa shape index (κ1) is 21.0. The molecular formula is C19H14BrCl2NO4S. The standard InChI is InChI=1S/C19H14BrCl2NO4S/c1-2-27-16-6-11(12(20)8-15(16)24)7-17-18(25)23(19(26)28-17)9-10-3-4-13(21)14(22)5-10/h3-8,24H,2,9H2,1H3/b17-7-. The molecule has 0 spiro atoms. The molecule has 1 N–H and O–H groups in total. The Hall–Kier alpha value is -1.67. The van der Waals surface area contributed by atoms with Crippen molar-refractivity contribution < 1.29 is 19.4 Å². The Labute approximate surface area is 184 Å². The molecule has 0 aromatic heterocycles. The predicted octanol–water partition coefficient (Wildman–Crippen LogP) is 6.10. The largest absolute Gasteiger partial charge is 0.504 e. The van der Waals surface area contributed by atoms with Gasteiger partial charge < -0.3 is 9.84 Å². The maximum atomic E-state index is 12.7. The first-order valence-electron chi connectivity index (χ1n) is 8.14.